The van der Waals surface area contributed by atoms with Crippen molar-refractivity contribution in [3.63, 3.8) is 0 Å². The van der Waals surface area contributed by atoms with Crippen LogP contribution in [-0.2, 0) is 0 Å². The third-order valence-corrected chi connectivity index (χ3v) is 4.58. The molecule has 2 heterocycles. The first-order chi connectivity index (χ1) is 10.6. The number of nitrogens with two attached hydrogens (primary N) is 2. The first-order valence-corrected chi connectivity index (χ1v) is 8.23. The number of nitrogens with one attached hydrogen (secondary N) is 1. The van der Waals surface area contributed by atoms with Crippen molar-refractivity contribution in [3.05, 3.63) is 48.2 Å². The van der Waals surface area contributed by atoms with Crippen LogP contribution in [0.5, 0.6) is 0 Å². The summed E-state index contributed by atoms with van der Waals surface area (Å²) >= 11 is 3.23. The number of H-pyrrole nitrogens is 1. The minimum atomic E-state index is 0.346. The molecule has 5 N–H and O–H groups in total. The van der Waals surface area contributed by atoms with Gasteiger partial charge in [0.25, 0.3) is 0 Å². The molecule has 0 spiro atoms. The van der Waals surface area contributed by atoms with E-state index in [0.29, 0.717) is 17.4 Å². The Hall–Kier alpha value is -2.25. The number of hydrogen-bond donors (Lipinski definition) is 3. The Morgan fingerprint density at radius 1 is 1.32 bits per heavy atom. The van der Waals surface area contributed by atoms with E-state index < -0.39 is 0 Å². The summed E-state index contributed by atoms with van der Waals surface area (Å²) in [6.07, 6.45) is 1.61. The fourth-order valence-corrected chi connectivity index (χ4v) is 3.41. The SMILES string of the molecule is C/C(N)=C/C(N)=Nc1cccc(Sc2ccc3[nH]sc3c2)n1. The van der Waals surface area contributed by atoms with Gasteiger partial charge in [0, 0.05) is 10.6 Å². The topological polar surface area (TPSA) is 93.1 Å². The Labute approximate surface area is 136 Å². The standard InChI is InChI=1S/C15H15N5S2/c1-9(16)7-13(17)18-14-3-2-4-15(19-14)21-10-5-6-11-12(8-10)22-20-11/h2-8,20H,16H2,1H3,(H2,17,18,19)/b9-7-. The highest BCUT2D eigenvalue weighted by Gasteiger charge is 2.04. The predicted molar refractivity (Wildman–Crippen MR) is 93.8 cm³/mol. The van der Waals surface area contributed by atoms with Crippen molar-refractivity contribution in [1.82, 2.24) is 9.36 Å². The Bertz CT molecular complexity index is 856. The number of rotatable bonds is 4. The molecule has 0 unspecified atom stereocenters. The zero-order valence-corrected chi connectivity index (χ0v) is 13.5. The molecule has 0 fully saturated rings. The first kappa shape index (κ1) is 14.7. The van der Waals surface area contributed by atoms with Gasteiger partial charge in [-0.3, -0.25) is 0 Å². The monoisotopic (exact) mass is 329 g/mol. The average molecular weight is 329 g/mol. The largest absolute Gasteiger partial charge is 0.402 e. The molecule has 3 aromatic rings. The molecule has 0 bridgehead atoms. The lowest BCUT2D eigenvalue weighted by Crippen LogP contribution is -2.10. The molecule has 0 saturated heterocycles. The van der Waals surface area contributed by atoms with E-state index in [0.717, 1.165) is 9.92 Å². The molecule has 0 saturated carbocycles. The van der Waals surface area contributed by atoms with Crippen LogP contribution < -0.4 is 11.5 Å². The van der Waals surface area contributed by atoms with Gasteiger partial charge in [0.05, 0.1) is 10.2 Å². The second kappa shape index (κ2) is 6.25. The van der Waals surface area contributed by atoms with Crippen LogP contribution in [0.3, 0.4) is 0 Å². The molecular weight excluding hydrogens is 314 g/mol. The van der Waals surface area contributed by atoms with Crippen LogP contribution in [0, 0.1) is 0 Å². The van der Waals surface area contributed by atoms with Crippen LogP contribution in [0.2, 0.25) is 0 Å². The van der Waals surface area contributed by atoms with E-state index in [1.165, 1.54) is 10.2 Å². The number of hydrogen-bond acceptors (Lipinski definition) is 5. The number of fused-ring (bicyclic) bond motifs is 1. The Balaban J connectivity index is 1.81. The molecule has 5 nitrogen and oxygen atoms in total. The lowest BCUT2D eigenvalue weighted by atomic mass is 10.3. The number of aromatic amines is 1. The number of aliphatic imine (C=N–C) groups is 1. The summed E-state index contributed by atoms with van der Waals surface area (Å²) in [4.78, 5) is 9.88. The number of nitrogens with zero attached hydrogens (tertiary/aromatic N) is 2. The van der Waals surface area contributed by atoms with Crippen molar-refractivity contribution in [2.75, 3.05) is 0 Å². The van der Waals surface area contributed by atoms with Crippen LogP contribution in [0.25, 0.3) is 10.2 Å². The van der Waals surface area contributed by atoms with Crippen molar-refractivity contribution >= 4 is 45.2 Å². The molecular formula is C15H15N5S2. The fourth-order valence-electron chi connectivity index (χ4n) is 1.84. The van der Waals surface area contributed by atoms with Crippen LogP contribution in [-0.4, -0.2) is 15.2 Å². The average Bonchev–Trinajstić information content (AvgIpc) is 2.41. The van der Waals surface area contributed by atoms with Crippen molar-refractivity contribution in [2.45, 2.75) is 16.8 Å². The van der Waals surface area contributed by atoms with Crippen molar-refractivity contribution < 1.29 is 0 Å². The smallest absolute Gasteiger partial charge is 0.155 e. The fraction of sp³-hybridized carbons (Fsp3) is 0.0667. The second-order valence-corrected chi connectivity index (χ2v) is 6.67. The van der Waals surface area contributed by atoms with Crippen molar-refractivity contribution in [2.24, 2.45) is 16.5 Å². The quantitative estimate of drug-likeness (QED) is 0.503. The van der Waals surface area contributed by atoms with Crippen molar-refractivity contribution in [3.8, 4) is 0 Å². The lowest BCUT2D eigenvalue weighted by molar-refractivity contribution is 1.11. The molecule has 112 valence electrons. The molecule has 0 aliphatic rings. The zero-order valence-electron chi connectivity index (χ0n) is 11.9. The molecule has 22 heavy (non-hydrogen) atoms. The molecule has 3 rings (SSSR count). The highest BCUT2D eigenvalue weighted by atomic mass is 32.2. The predicted octanol–water partition coefficient (Wildman–Crippen LogP) is 3.63. The maximum absolute atomic E-state index is 5.79. The lowest BCUT2D eigenvalue weighted by Gasteiger charge is -2.05. The molecule has 0 aliphatic heterocycles. The molecule has 0 aliphatic carbocycles. The van der Waals surface area contributed by atoms with Gasteiger partial charge in [-0.2, -0.15) is 0 Å². The number of amidine groups is 1. The third kappa shape index (κ3) is 3.49. The highest BCUT2D eigenvalue weighted by Crippen LogP contribution is 2.31. The molecule has 1 aromatic carbocycles. The van der Waals surface area contributed by atoms with Crippen LogP contribution in [0.15, 0.2) is 63.1 Å². The van der Waals surface area contributed by atoms with E-state index in [1.54, 1.807) is 36.3 Å². The third-order valence-electron chi connectivity index (χ3n) is 2.77. The van der Waals surface area contributed by atoms with Crippen LogP contribution >= 0.6 is 23.3 Å². The Morgan fingerprint density at radius 2 is 2.18 bits per heavy atom. The second-order valence-electron chi connectivity index (χ2n) is 4.72. The van der Waals surface area contributed by atoms with E-state index >= 15 is 0 Å². The van der Waals surface area contributed by atoms with Gasteiger partial charge in [0.2, 0.25) is 0 Å². The maximum Gasteiger partial charge on any atom is 0.155 e. The summed E-state index contributed by atoms with van der Waals surface area (Å²) in [5.74, 6) is 0.915. The maximum atomic E-state index is 5.79. The molecule has 0 radical (unpaired) electrons. The minimum absolute atomic E-state index is 0.346. The summed E-state index contributed by atoms with van der Waals surface area (Å²) < 4.78 is 4.43. The van der Waals surface area contributed by atoms with E-state index in [1.807, 2.05) is 18.2 Å². The number of pyridine rings is 1. The summed E-state index contributed by atoms with van der Waals surface area (Å²) in [6, 6.07) is 12.0. The minimum Gasteiger partial charge on any atom is -0.402 e. The molecule has 7 heteroatoms. The zero-order chi connectivity index (χ0) is 15.5. The van der Waals surface area contributed by atoms with Gasteiger partial charge in [-0.25, -0.2) is 9.98 Å². The molecule has 0 amide bonds. The van der Waals surface area contributed by atoms with Gasteiger partial charge in [-0.1, -0.05) is 29.4 Å². The summed E-state index contributed by atoms with van der Waals surface area (Å²) in [6.45, 7) is 1.76. The first-order valence-electron chi connectivity index (χ1n) is 6.60. The van der Waals surface area contributed by atoms with Gasteiger partial charge in [0.15, 0.2) is 5.82 Å². The van der Waals surface area contributed by atoms with Crippen molar-refractivity contribution in [1.29, 1.82) is 0 Å². The van der Waals surface area contributed by atoms with Crippen LogP contribution in [0.4, 0.5) is 5.82 Å². The van der Waals surface area contributed by atoms with Gasteiger partial charge < -0.3 is 15.8 Å². The van der Waals surface area contributed by atoms with Crippen LogP contribution in [0.1, 0.15) is 6.92 Å². The number of benzene rings is 1. The Kier molecular flexibility index (Phi) is 4.17. The summed E-state index contributed by atoms with van der Waals surface area (Å²) in [7, 11) is 0. The number of allylic oxidation sites excluding steroid dienone is 1. The van der Waals surface area contributed by atoms with Gasteiger partial charge in [-0.15, -0.1) is 0 Å². The highest BCUT2D eigenvalue weighted by molar-refractivity contribution is 7.99. The van der Waals surface area contributed by atoms with E-state index in [-0.39, 0.29) is 0 Å². The van der Waals surface area contributed by atoms with Gasteiger partial charge in [0.1, 0.15) is 10.9 Å². The van der Waals surface area contributed by atoms with Gasteiger partial charge in [-0.05, 0) is 43.3 Å². The van der Waals surface area contributed by atoms with E-state index in [9.17, 15) is 0 Å². The Morgan fingerprint density at radius 3 is 2.86 bits per heavy atom. The molecule has 2 aromatic heterocycles. The number of aromatic nitrogens is 2. The van der Waals surface area contributed by atoms with E-state index in [4.69, 9.17) is 11.5 Å². The summed E-state index contributed by atoms with van der Waals surface area (Å²) in [5.41, 5.74) is 13.2. The normalized spacial score (nSPS) is 13.0. The molecule has 0 atom stereocenters. The van der Waals surface area contributed by atoms with Gasteiger partial charge >= 0.3 is 0 Å². The summed E-state index contributed by atoms with van der Waals surface area (Å²) in [5, 5.41) is 0.875. The van der Waals surface area contributed by atoms with E-state index in [2.05, 4.69) is 32.5 Å².